The van der Waals surface area contributed by atoms with Crippen molar-refractivity contribution in [2.45, 2.75) is 20.3 Å². The summed E-state index contributed by atoms with van der Waals surface area (Å²) in [6.07, 6.45) is 0.998. The second-order valence-corrected chi connectivity index (χ2v) is 5.89. The maximum atomic E-state index is 5.90. The third-order valence-electron chi connectivity index (χ3n) is 3.43. The molecule has 0 spiro atoms. The first kappa shape index (κ1) is 13.8. The Labute approximate surface area is 128 Å². The molecule has 0 aliphatic heterocycles. The van der Waals surface area contributed by atoms with Crippen molar-refractivity contribution in [3.8, 4) is 0 Å². The number of fused-ring (bicyclic) bond motifs is 1. The average Bonchev–Trinajstić information content (AvgIpc) is 2.92. The quantitative estimate of drug-likeness (QED) is 0.791. The van der Waals surface area contributed by atoms with Gasteiger partial charge < -0.3 is 10.6 Å². The summed E-state index contributed by atoms with van der Waals surface area (Å²) in [4.78, 5) is 13.3. The van der Waals surface area contributed by atoms with E-state index in [2.05, 4.69) is 46.9 Å². The average molecular weight is 298 g/mol. The molecule has 0 radical (unpaired) electrons. The highest BCUT2D eigenvalue weighted by Crippen LogP contribution is 2.34. The molecule has 1 aromatic carbocycles. The molecule has 4 nitrogen and oxygen atoms in total. The zero-order valence-corrected chi connectivity index (χ0v) is 13.0. The number of nitrogens with two attached hydrogens (primary N) is 1. The molecule has 0 bridgehead atoms. The molecule has 0 amide bonds. The summed E-state index contributed by atoms with van der Waals surface area (Å²) in [5, 5.41) is 1.08. The van der Waals surface area contributed by atoms with Crippen LogP contribution in [0.5, 0.6) is 0 Å². The highest BCUT2D eigenvalue weighted by atomic mass is 32.1. The van der Waals surface area contributed by atoms with Gasteiger partial charge in [0.15, 0.2) is 0 Å². The molecule has 2 N–H and O–H groups in total. The summed E-state index contributed by atoms with van der Waals surface area (Å²) in [5.41, 5.74) is 7.02. The standard InChI is InChI=1S/C16H18N4S/c1-3-12-10-13-14(18-16(17)19-15(13)21-12)20(4-2)11-8-6-5-7-9-11/h5-10H,3-4H2,1-2H3,(H2,17,18,19). The molecule has 0 unspecified atom stereocenters. The number of rotatable bonds is 4. The Morgan fingerprint density at radius 2 is 1.90 bits per heavy atom. The van der Waals surface area contributed by atoms with Gasteiger partial charge in [0.1, 0.15) is 10.6 Å². The molecule has 0 aliphatic rings. The van der Waals surface area contributed by atoms with Gasteiger partial charge in [0, 0.05) is 17.1 Å². The Hall–Kier alpha value is -2.14. The second-order valence-electron chi connectivity index (χ2n) is 4.77. The van der Waals surface area contributed by atoms with E-state index in [1.54, 1.807) is 11.3 Å². The van der Waals surface area contributed by atoms with Gasteiger partial charge in [-0.15, -0.1) is 11.3 Å². The normalized spacial score (nSPS) is 11.0. The van der Waals surface area contributed by atoms with Gasteiger partial charge >= 0.3 is 0 Å². The summed E-state index contributed by atoms with van der Waals surface area (Å²) in [6, 6.07) is 12.4. The van der Waals surface area contributed by atoms with Crippen molar-refractivity contribution in [1.82, 2.24) is 9.97 Å². The number of anilines is 3. The van der Waals surface area contributed by atoms with Gasteiger partial charge in [0.25, 0.3) is 0 Å². The first-order chi connectivity index (χ1) is 10.2. The van der Waals surface area contributed by atoms with Crippen LogP contribution < -0.4 is 10.6 Å². The first-order valence-electron chi connectivity index (χ1n) is 7.11. The van der Waals surface area contributed by atoms with Crippen LogP contribution in [0.1, 0.15) is 18.7 Å². The van der Waals surface area contributed by atoms with Crippen LogP contribution >= 0.6 is 11.3 Å². The number of aryl methyl sites for hydroxylation is 1. The minimum atomic E-state index is 0.330. The summed E-state index contributed by atoms with van der Waals surface area (Å²) in [7, 11) is 0. The predicted molar refractivity (Wildman–Crippen MR) is 90.3 cm³/mol. The maximum absolute atomic E-state index is 5.90. The van der Waals surface area contributed by atoms with Crippen molar-refractivity contribution < 1.29 is 0 Å². The number of thiophene rings is 1. The first-order valence-corrected chi connectivity index (χ1v) is 7.93. The number of aromatic nitrogens is 2. The molecular weight excluding hydrogens is 280 g/mol. The fourth-order valence-electron chi connectivity index (χ4n) is 2.41. The molecule has 2 heterocycles. The molecule has 108 valence electrons. The lowest BCUT2D eigenvalue weighted by atomic mass is 10.2. The van der Waals surface area contributed by atoms with Crippen molar-refractivity contribution in [1.29, 1.82) is 0 Å². The van der Waals surface area contributed by atoms with Crippen LogP contribution in [0.2, 0.25) is 0 Å². The zero-order valence-electron chi connectivity index (χ0n) is 12.2. The van der Waals surface area contributed by atoms with E-state index in [9.17, 15) is 0 Å². The van der Waals surface area contributed by atoms with E-state index in [0.29, 0.717) is 5.95 Å². The molecule has 3 aromatic rings. The van der Waals surface area contributed by atoms with Gasteiger partial charge in [-0.05, 0) is 31.5 Å². The zero-order chi connectivity index (χ0) is 14.8. The van der Waals surface area contributed by atoms with E-state index in [0.717, 1.165) is 34.7 Å². The lowest BCUT2D eigenvalue weighted by Gasteiger charge is -2.22. The number of hydrogen-bond acceptors (Lipinski definition) is 5. The van der Waals surface area contributed by atoms with Crippen LogP contribution in [0.25, 0.3) is 10.2 Å². The third kappa shape index (κ3) is 2.56. The lowest BCUT2D eigenvalue weighted by molar-refractivity contribution is 0.994. The Balaban J connectivity index is 2.19. The monoisotopic (exact) mass is 298 g/mol. The summed E-state index contributed by atoms with van der Waals surface area (Å²) >= 11 is 1.69. The van der Waals surface area contributed by atoms with Gasteiger partial charge in [-0.3, -0.25) is 0 Å². The molecule has 5 heteroatoms. The SMILES string of the molecule is CCc1cc2c(N(CC)c3ccccc3)nc(N)nc2s1. The van der Waals surface area contributed by atoms with E-state index in [-0.39, 0.29) is 0 Å². The van der Waals surface area contributed by atoms with E-state index < -0.39 is 0 Å². The van der Waals surface area contributed by atoms with Crippen molar-refractivity contribution in [2.24, 2.45) is 0 Å². The highest BCUT2D eigenvalue weighted by molar-refractivity contribution is 7.18. The van der Waals surface area contributed by atoms with Crippen LogP contribution in [0.4, 0.5) is 17.5 Å². The van der Waals surface area contributed by atoms with Crippen molar-refractivity contribution in [2.75, 3.05) is 17.2 Å². The van der Waals surface area contributed by atoms with Crippen LogP contribution in [-0.2, 0) is 6.42 Å². The molecular formula is C16H18N4S. The van der Waals surface area contributed by atoms with E-state index in [1.165, 1.54) is 4.88 Å². The van der Waals surface area contributed by atoms with E-state index >= 15 is 0 Å². The van der Waals surface area contributed by atoms with Gasteiger partial charge in [0.05, 0.1) is 5.39 Å². The van der Waals surface area contributed by atoms with Crippen molar-refractivity contribution in [3.05, 3.63) is 41.3 Å². The fraction of sp³-hybridized carbons (Fsp3) is 0.250. The number of nitrogen functional groups attached to an aromatic ring is 1. The number of nitrogens with zero attached hydrogens (tertiary/aromatic N) is 3. The Morgan fingerprint density at radius 3 is 2.57 bits per heavy atom. The number of hydrogen-bond donors (Lipinski definition) is 1. The molecule has 0 atom stereocenters. The Kier molecular flexibility index (Phi) is 3.75. The molecule has 0 saturated heterocycles. The molecule has 0 saturated carbocycles. The van der Waals surface area contributed by atoms with Gasteiger partial charge in [-0.25, -0.2) is 4.98 Å². The largest absolute Gasteiger partial charge is 0.368 e. The summed E-state index contributed by atoms with van der Waals surface area (Å²) in [6.45, 7) is 5.09. The Bertz CT molecular complexity index is 752. The van der Waals surface area contributed by atoms with Crippen molar-refractivity contribution >= 4 is 39.0 Å². The van der Waals surface area contributed by atoms with E-state index in [4.69, 9.17) is 5.73 Å². The van der Waals surface area contributed by atoms with E-state index in [1.807, 2.05) is 18.2 Å². The molecule has 0 fully saturated rings. The van der Waals surface area contributed by atoms with Crippen LogP contribution in [0.15, 0.2) is 36.4 Å². The number of para-hydroxylation sites is 1. The van der Waals surface area contributed by atoms with Gasteiger partial charge in [-0.2, -0.15) is 4.98 Å². The second kappa shape index (κ2) is 5.69. The number of benzene rings is 1. The Morgan fingerprint density at radius 1 is 1.14 bits per heavy atom. The maximum Gasteiger partial charge on any atom is 0.223 e. The third-order valence-corrected chi connectivity index (χ3v) is 4.60. The highest BCUT2D eigenvalue weighted by Gasteiger charge is 2.16. The van der Waals surface area contributed by atoms with Gasteiger partial charge in [-0.1, -0.05) is 25.1 Å². The summed E-state index contributed by atoms with van der Waals surface area (Å²) in [5.74, 6) is 1.22. The van der Waals surface area contributed by atoms with Crippen LogP contribution in [-0.4, -0.2) is 16.5 Å². The van der Waals surface area contributed by atoms with Gasteiger partial charge in [0.2, 0.25) is 5.95 Å². The van der Waals surface area contributed by atoms with Crippen LogP contribution in [0.3, 0.4) is 0 Å². The minimum absolute atomic E-state index is 0.330. The molecule has 0 aliphatic carbocycles. The smallest absolute Gasteiger partial charge is 0.223 e. The fourth-order valence-corrected chi connectivity index (χ4v) is 3.38. The van der Waals surface area contributed by atoms with Crippen molar-refractivity contribution in [3.63, 3.8) is 0 Å². The topological polar surface area (TPSA) is 55.0 Å². The molecule has 21 heavy (non-hydrogen) atoms. The molecule has 2 aromatic heterocycles. The van der Waals surface area contributed by atoms with Crippen LogP contribution in [0, 0.1) is 0 Å². The predicted octanol–water partition coefficient (Wildman–Crippen LogP) is 3.99. The lowest BCUT2D eigenvalue weighted by Crippen LogP contribution is -2.18. The molecule has 3 rings (SSSR count). The summed E-state index contributed by atoms with van der Waals surface area (Å²) < 4.78 is 0. The minimum Gasteiger partial charge on any atom is -0.368 e.